The summed E-state index contributed by atoms with van der Waals surface area (Å²) in [7, 11) is 0. The van der Waals surface area contributed by atoms with Crippen molar-refractivity contribution < 1.29 is 62.0 Å². The van der Waals surface area contributed by atoms with E-state index in [0.29, 0.717) is 0 Å². The zero-order chi connectivity index (χ0) is 41.3. The molecule has 0 spiro atoms. The molecule has 296 valence electrons. The van der Waals surface area contributed by atoms with Crippen LogP contribution in [0.2, 0.25) is 0 Å². The van der Waals surface area contributed by atoms with Crippen LogP contribution in [0.25, 0.3) is 0 Å². The third-order valence-corrected chi connectivity index (χ3v) is 7.72. The summed E-state index contributed by atoms with van der Waals surface area (Å²) in [6, 6.07) is 20.2. The minimum atomic E-state index is -1.01. The van der Waals surface area contributed by atoms with E-state index in [9.17, 15) is 33.6 Å². The summed E-state index contributed by atoms with van der Waals surface area (Å²) in [5.74, 6) is -2.22. The predicted molar refractivity (Wildman–Crippen MR) is 200 cm³/mol. The van der Waals surface area contributed by atoms with Crippen molar-refractivity contribution in [1.29, 1.82) is 0 Å². The Morgan fingerprint density at radius 1 is 0.482 bits per heavy atom. The number of hydrogen-bond acceptors (Lipinski definition) is 13. The number of esters is 3. The first-order chi connectivity index (χ1) is 26.6. The van der Waals surface area contributed by atoms with Gasteiger partial charge in [-0.2, -0.15) is 0 Å². The Bertz CT molecular complexity index is 1700. The van der Waals surface area contributed by atoms with E-state index in [0.717, 1.165) is 23.6 Å². The van der Waals surface area contributed by atoms with Gasteiger partial charge in [0, 0.05) is 23.5 Å². The molecule has 0 radical (unpaired) electrons. The SMILES string of the molecule is C=C(C)C(=O)OCCNC(=O)Oc1ccc(C(C)(c2ccc(OC(=O)NCCOC(=O)C(=C)C)cc2)c2ccc(OC(=O)NCCOC(=O)C(C)=O)cc2)cc1. The van der Waals surface area contributed by atoms with Crippen LogP contribution in [-0.2, 0) is 38.8 Å². The molecule has 0 fully saturated rings. The Morgan fingerprint density at radius 3 is 1.00 bits per heavy atom. The number of hydrogen-bond donors (Lipinski definition) is 3. The van der Waals surface area contributed by atoms with Gasteiger partial charge in [-0.15, -0.1) is 0 Å². The number of ether oxygens (including phenoxy) is 6. The van der Waals surface area contributed by atoms with Gasteiger partial charge in [0.2, 0.25) is 5.78 Å². The van der Waals surface area contributed by atoms with Gasteiger partial charge in [-0.05, 0) is 73.9 Å². The van der Waals surface area contributed by atoms with Crippen molar-refractivity contribution in [2.45, 2.75) is 33.1 Å². The predicted octanol–water partition coefficient (Wildman–Crippen LogP) is 4.68. The molecule has 0 unspecified atom stereocenters. The van der Waals surface area contributed by atoms with E-state index in [2.05, 4.69) is 29.1 Å². The Morgan fingerprint density at radius 2 is 0.750 bits per heavy atom. The fourth-order valence-electron chi connectivity index (χ4n) is 4.74. The van der Waals surface area contributed by atoms with Crippen molar-refractivity contribution >= 4 is 42.0 Å². The number of carbonyl (C=O) groups excluding carboxylic acids is 7. The van der Waals surface area contributed by atoms with Gasteiger partial charge in [-0.1, -0.05) is 49.6 Å². The average Bonchev–Trinajstić information content (AvgIpc) is 3.16. The molecule has 0 bridgehead atoms. The van der Waals surface area contributed by atoms with Crippen molar-refractivity contribution in [3.8, 4) is 17.2 Å². The van der Waals surface area contributed by atoms with Crippen LogP contribution in [0.1, 0.15) is 44.4 Å². The number of benzene rings is 3. The first-order valence-electron chi connectivity index (χ1n) is 17.1. The number of rotatable bonds is 18. The van der Waals surface area contributed by atoms with Crippen LogP contribution in [0.4, 0.5) is 14.4 Å². The highest BCUT2D eigenvalue weighted by atomic mass is 16.6. The van der Waals surface area contributed by atoms with E-state index in [-0.39, 0.29) is 67.8 Å². The highest BCUT2D eigenvalue weighted by Crippen LogP contribution is 2.40. The monoisotopic (exact) mass is 773 g/mol. The van der Waals surface area contributed by atoms with Crippen LogP contribution in [0.3, 0.4) is 0 Å². The lowest BCUT2D eigenvalue weighted by Crippen LogP contribution is -2.31. The highest BCUT2D eigenvalue weighted by Gasteiger charge is 2.32. The average molecular weight is 774 g/mol. The first-order valence-corrected chi connectivity index (χ1v) is 17.1. The fourth-order valence-corrected chi connectivity index (χ4v) is 4.74. The molecule has 0 saturated carbocycles. The minimum Gasteiger partial charge on any atom is -0.460 e. The molecule has 0 atom stereocenters. The highest BCUT2D eigenvalue weighted by molar-refractivity contribution is 6.32. The fraction of sp³-hybridized carbons (Fsp3) is 0.275. The van der Waals surface area contributed by atoms with Crippen LogP contribution in [0.5, 0.6) is 17.2 Å². The van der Waals surface area contributed by atoms with Crippen molar-refractivity contribution in [3.63, 3.8) is 0 Å². The lowest BCUT2D eigenvalue weighted by molar-refractivity contribution is -0.152. The summed E-state index contributed by atoms with van der Waals surface area (Å²) in [6.07, 6.45) is -2.31. The third kappa shape index (κ3) is 13.5. The molecule has 0 aliphatic carbocycles. The van der Waals surface area contributed by atoms with Crippen molar-refractivity contribution in [3.05, 3.63) is 114 Å². The molecule has 3 amide bonds. The lowest BCUT2D eigenvalue weighted by Gasteiger charge is -2.32. The Labute approximate surface area is 323 Å². The van der Waals surface area contributed by atoms with E-state index in [1.807, 2.05) is 6.92 Å². The summed E-state index contributed by atoms with van der Waals surface area (Å²) < 4.78 is 30.7. The van der Waals surface area contributed by atoms with E-state index in [1.165, 1.54) is 13.8 Å². The summed E-state index contributed by atoms with van der Waals surface area (Å²) in [5.41, 5.74) is 1.89. The van der Waals surface area contributed by atoms with Crippen molar-refractivity contribution in [1.82, 2.24) is 16.0 Å². The Hall–Kier alpha value is -6.97. The van der Waals surface area contributed by atoms with Gasteiger partial charge in [-0.25, -0.2) is 28.8 Å². The molecular formula is C40H43N3O13. The second-order valence-corrected chi connectivity index (χ2v) is 12.2. The molecular weight excluding hydrogens is 730 g/mol. The van der Waals surface area contributed by atoms with Crippen molar-refractivity contribution in [2.75, 3.05) is 39.5 Å². The molecule has 0 aliphatic heterocycles. The number of carbonyl (C=O) groups is 7. The van der Waals surface area contributed by atoms with Gasteiger partial charge in [0.25, 0.3) is 0 Å². The summed E-state index contributed by atoms with van der Waals surface area (Å²) >= 11 is 0. The Kier molecular flexibility index (Phi) is 16.3. The summed E-state index contributed by atoms with van der Waals surface area (Å²) in [5, 5.41) is 7.43. The molecule has 3 rings (SSSR count). The number of amides is 3. The van der Waals surface area contributed by atoms with Gasteiger partial charge >= 0.3 is 36.2 Å². The summed E-state index contributed by atoms with van der Waals surface area (Å²) in [4.78, 5) is 82.3. The maximum Gasteiger partial charge on any atom is 0.412 e. The molecule has 0 saturated heterocycles. The minimum absolute atomic E-state index is 0.0260. The maximum absolute atomic E-state index is 12.4. The summed E-state index contributed by atoms with van der Waals surface area (Å²) in [6.45, 7) is 12.7. The second-order valence-electron chi connectivity index (χ2n) is 12.2. The lowest BCUT2D eigenvalue weighted by atomic mass is 9.71. The van der Waals surface area contributed by atoms with Crippen LogP contribution in [0.15, 0.2) is 97.1 Å². The zero-order valence-corrected chi connectivity index (χ0v) is 31.4. The molecule has 3 N–H and O–H groups in total. The third-order valence-electron chi connectivity index (χ3n) is 7.72. The van der Waals surface area contributed by atoms with E-state index in [1.54, 1.807) is 72.8 Å². The molecule has 16 nitrogen and oxygen atoms in total. The van der Waals surface area contributed by atoms with Gasteiger partial charge in [0.1, 0.15) is 37.1 Å². The van der Waals surface area contributed by atoms with E-state index in [4.69, 9.17) is 28.4 Å². The van der Waals surface area contributed by atoms with Crippen LogP contribution < -0.4 is 30.2 Å². The van der Waals surface area contributed by atoms with Gasteiger partial charge < -0.3 is 44.4 Å². The smallest absolute Gasteiger partial charge is 0.412 e. The molecule has 0 aliphatic rings. The molecule has 56 heavy (non-hydrogen) atoms. The maximum atomic E-state index is 12.4. The van der Waals surface area contributed by atoms with Crippen molar-refractivity contribution in [2.24, 2.45) is 0 Å². The van der Waals surface area contributed by atoms with E-state index >= 15 is 0 Å². The number of Topliss-reactive ketones (excluding diaryl/α,β-unsaturated/α-hetero) is 1. The van der Waals surface area contributed by atoms with E-state index < -0.39 is 47.4 Å². The molecule has 3 aromatic carbocycles. The normalized spacial score (nSPS) is 10.5. The van der Waals surface area contributed by atoms with Gasteiger partial charge in [0.15, 0.2) is 0 Å². The van der Waals surface area contributed by atoms with Crippen LogP contribution >= 0.6 is 0 Å². The molecule has 3 aromatic rings. The molecule has 16 heteroatoms. The molecule has 0 heterocycles. The first kappa shape index (κ1) is 43.4. The zero-order valence-electron chi connectivity index (χ0n) is 31.4. The van der Waals surface area contributed by atoms with Crippen LogP contribution in [-0.4, -0.2) is 81.4 Å². The molecule has 0 aromatic heterocycles. The second kappa shape index (κ2) is 21.1. The van der Waals surface area contributed by atoms with Gasteiger partial charge in [0.05, 0.1) is 19.6 Å². The quantitative estimate of drug-likeness (QED) is 0.0401. The number of nitrogens with one attached hydrogen (secondary N) is 3. The van der Waals surface area contributed by atoms with Crippen LogP contribution in [0, 0.1) is 0 Å². The van der Waals surface area contributed by atoms with Gasteiger partial charge in [-0.3, -0.25) is 4.79 Å². The standard InChI is InChI=1S/C40H43N3O13/c1-25(2)34(45)51-22-19-41-37(48)54-31-13-7-28(8-14-31)40(6,29-9-15-32(16-10-29)55-38(49)42-20-23-52-35(46)26(3)4)30-11-17-33(18-12-30)56-39(50)43-21-24-53-36(47)27(5)44/h7-18H,1,3,19-24H2,2,4-6H3,(H,41,48)(H,42,49)(H,43,50). The largest absolute Gasteiger partial charge is 0.460 e. The Balaban J connectivity index is 1.76. The number of ketones is 1. The topological polar surface area (TPSA) is 211 Å².